The van der Waals surface area contributed by atoms with Crippen LogP contribution in [-0.2, 0) is 11.2 Å². The molecular formula is C25H34N4O3. The minimum atomic E-state index is 0.241. The zero-order valence-electron chi connectivity index (χ0n) is 19.0. The van der Waals surface area contributed by atoms with Crippen molar-refractivity contribution in [2.75, 3.05) is 46.9 Å². The van der Waals surface area contributed by atoms with Crippen LogP contribution in [0.2, 0.25) is 0 Å². The molecule has 1 atom stereocenters. The van der Waals surface area contributed by atoms with Gasteiger partial charge in [0.1, 0.15) is 11.5 Å². The zero-order valence-corrected chi connectivity index (χ0v) is 19.0. The van der Waals surface area contributed by atoms with Gasteiger partial charge in [0.2, 0.25) is 5.91 Å². The van der Waals surface area contributed by atoms with Gasteiger partial charge in [-0.25, -0.2) is 0 Å². The van der Waals surface area contributed by atoms with Gasteiger partial charge in [0.15, 0.2) is 5.96 Å². The van der Waals surface area contributed by atoms with Gasteiger partial charge in [-0.2, -0.15) is 0 Å². The molecular weight excluding hydrogens is 404 g/mol. The van der Waals surface area contributed by atoms with Crippen LogP contribution in [0.3, 0.4) is 0 Å². The van der Waals surface area contributed by atoms with E-state index in [2.05, 4.69) is 27.8 Å². The van der Waals surface area contributed by atoms with Crippen molar-refractivity contribution < 1.29 is 14.3 Å². The number of carbonyl (C=O) groups excluding carboxylic acids is 1. The van der Waals surface area contributed by atoms with Crippen molar-refractivity contribution in [2.24, 2.45) is 10.9 Å². The van der Waals surface area contributed by atoms with Crippen LogP contribution in [0.25, 0.3) is 0 Å². The molecule has 1 heterocycles. The topological polar surface area (TPSA) is 75.2 Å². The Balaban J connectivity index is 1.30. The standard InChI is InChI=1S/C25H34N4O3/c1-26-25(27-13-7-15-32-23-11-6-10-22(17-23)31-2)28-18-21-16-24(30)29(19-21)14-12-20-8-4-3-5-9-20/h3-6,8-11,17,21H,7,12-16,18-19H2,1-2H3,(H2,26,27,28). The molecule has 7 nitrogen and oxygen atoms in total. The van der Waals surface area contributed by atoms with Gasteiger partial charge in [-0.1, -0.05) is 36.4 Å². The number of carbonyl (C=O) groups is 1. The Kier molecular flexibility index (Phi) is 9.22. The van der Waals surface area contributed by atoms with Crippen LogP contribution in [0.4, 0.5) is 0 Å². The van der Waals surface area contributed by atoms with Crippen LogP contribution in [0.5, 0.6) is 11.5 Å². The van der Waals surface area contributed by atoms with Gasteiger partial charge in [-0.05, 0) is 30.5 Å². The van der Waals surface area contributed by atoms with Crippen LogP contribution in [-0.4, -0.2) is 63.7 Å². The van der Waals surface area contributed by atoms with Crippen LogP contribution < -0.4 is 20.1 Å². The first-order chi connectivity index (χ1) is 15.7. The number of benzene rings is 2. The number of amides is 1. The first-order valence-electron chi connectivity index (χ1n) is 11.2. The summed E-state index contributed by atoms with van der Waals surface area (Å²) in [6, 6.07) is 17.9. The summed E-state index contributed by atoms with van der Waals surface area (Å²) in [6.07, 6.45) is 2.33. The Bertz CT molecular complexity index is 873. The van der Waals surface area contributed by atoms with E-state index >= 15 is 0 Å². The summed E-state index contributed by atoms with van der Waals surface area (Å²) < 4.78 is 11.0. The van der Waals surface area contributed by atoms with Crippen molar-refractivity contribution in [3.05, 3.63) is 60.2 Å². The Morgan fingerprint density at radius 2 is 1.94 bits per heavy atom. The van der Waals surface area contributed by atoms with Crippen LogP contribution in [0.15, 0.2) is 59.6 Å². The van der Waals surface area contributed by atoms with Crippen LogP contribution in [0.1, 0.15) is 18.4 Å². The van der Waals surface area contributed by atoms with E-state index in [1.807, 2.05) is 47.4 Å². The fraction of sp³-hybridized carbons (Fsp3) is 0.440. The summed E-state index contributed by atoms with van der Waals surface area (Å²) in [7, 11) is 3.40. The minimum absolute atomic E-state index is 0.241. The van der Waals surface area contributed by atoms with Crippen molar-refractivity contribution in [2.45, 2.75) is 19.3 Å². The molecule has 1 aliphatic heterocycles. The van der Waals surface area contributed by atoms with E-state index in [1.54, 1.807) is 14.2 Å². The molecule has 0 bridgehead atoms. The lowest BCUT2D eigenvalue weighted by atomic mass is 10.1. The maximum atomic E-state index is 12.4. The normalized spacial score (nSPS) is 16.2. The highest BCUT2D eigenvalue weighted by molar-refractivity contribution is 5.80. The van der Waals surface area contributed by atoms with Crippen molar-refractivity contribution in [1.82, 2.24) is 15.5 Å². The second-order valence-corrected chi connectivity index (χ2v) is 7.91. The van der Waals surface area contributed by atoms with Gasteiger partial charge in [-0.15, -0.1) is 0 Å². The van der Waals surface area contributed by atoms with E-state index in [0.29, 0.717) is 18.9 Å². The van der Waals surface area contributed by atoms with Gasteiger partial charge in [0.05, 0.1) is 13.7 Å². The number of ether oxygens (including phenoxy) is 2. The maximum Gasteiger partial charge on any atom is 0.223 e. The molecule has 1 aliphatic rings. The Morgan fingerprint density at radius 3 is 2.72 bits per heavy atom. The summed E-state index contributed by atoms with van der Waals surface area (Å²) in [5.74, 6) is 2.88. The predicted octanol–water partition coefficient (Wildman–Crippen LogP) is 2.72. The fourth-order valence-electron chi connectivity index (χ4n) is 3.74. The number of hydrogen-bond acceptors (Lipinski definition) is 4. The van der Waals surface area contributed by atoms with E-state index in [-0.39, 0.29) is 5.91 Å². The molecule has 1 amide bonds. The molecule has 0 radical (unpaired) electrons. The second-order valence-electron chi connectivity index (χ2n) is 7.91. The minimum Gasteiger partial charge on any atom is -0.497 e. The highest BCUT2D eigenvalue weighted by atomic mass is 16.5. The summed E-state index contributed by atoms with van der Waals surface area (Å²) in [4.78, 5) is 18.6. The van der Waals surface area contributed by atoms with Gasteiger partial charge >= 0.3 is 0 Å². The number of nitrogens with zero attached hydrogens (tertiary/aromatic N) is 2. The number of rotatable bonds is 11. The third kappa shape index (κ3) is 7.48. The lowest BCUT2D eigenvalue weighted by Crippen LogP contribution is -2.41. The number of guanidine groups is 1. The summed E-state index contributed by atoms with van der Waals surface area (Å²) in [5.41, 5.74) is 1.27. The van der Waals surface area contributed by atoms with Gasteiger partial charge in [0, 0.05) is 51.6 Å². The van der Waals surface area contributed by atoms with Gasteiger partial charge in [0.25, 0.3) is 0 Å². The van der Waals surface area contributed by atoms with Crippen molar-refractivity contribution >= 4 is 11.9 Å². The third-order valence-corrected chi connectivity index (χ3v) is 5.51. The Labute approximate surface area is 190 Å². The number of hydrogen-bond donors (Lipinski definition) is 2. The van der Waals surface area contributed by atoms with Crippen molar-refractivity contribution in [1.29, 1.82) is 0 Å². The predicted molar refractivity (Wildman–Crippen MR) is 127 cm³/mol. The molecule has 32 heavy (non-hydrogen) atoms. The number of aliphatic imine (C=N–C) groups is 1. The average molecular weight is 439 g/mol. The first kappa shape index (κ1) is 23.4. The summed E-state index contributed by atoms with van der Waals surface area (Å²) in [5, 5.41) is 6.66. The molecule has 0 aromatic heterocycles. The number of methoxy groups -OCH3 is 1. The van der Waals surface area contributed by atoms with Gasteiger partial charge < -0.3 is 25.0 Å². The third-order valence-electron chi connectivity index (χ3n) is 5.51. The lowest BCUT2D eigenvalue weighted by Gasteiger charge is -2.18. The average Bonchev–Trinajstić information content (AvgIpc) is 3.19. The van der Waals surface area contributed by atoms with Crippen LogP contribution in [0, 0.1) is 5.92 Å². The highest BCUT2D eigenvalue weighted by Crippen LogP contribution is 2.19. The van der Waals surface area contributed by atoms with Crippen molar-refractivity contribution in [3.63, 3.8) is 0 Å². The largest absolute Gasteiger partial charge is 0.497 e. The maximum absolute atomic E-state index is 12.4. The molecule has 2 aromatic rings. The van der Waals surface area contributed by atoms with E-state index in [1.165, 1.54) is 5.56 Å². The molecule has 172 valence electrons. The number of nitrogens with one attached hydrogen (secondary N) is 2. The van der Waals surface area contributed by atoms with Crippen molar-refractivity contribution in [3.8, 4) is 11.5 Å². The monoisotopic (exact) mass is 438 g/mol. The molecule has 7 heteroatoms. The summed E-state index contributed by atoms with van der Waals surface area (Å²) in [6.45, 7) is 3.65. The molecule has 1 unspecified atom stereocenters. The van der Waals surface area contributed by atoms with E-state index < -0.39 is 0 Å². The van der Waals surface area contributed by atoms with Crippen LogP contribution >= 0.6 is 0 Å². The zero-order chi connectivity index (χ0) is 22.6. The molecule has 1 saturated heterocycles. The fourth-order valence-corrected chi connectivity index (χ4v) is 3.74. The molecule has 3 rings (SSSR count). The molecule has 2 aromatic carbocycles. The van der Waals surface area contributed by atoms with Gasteiger partial charge in [-0.3, -0.25) is 9.79 Å². The molecule has 1 fully saturated rings. The summed E-state index contributed by atoms with van der Waals surface area (Å²) >= 11 is 0. The number of likely N-dealkylation sites (tertiary alicyclic amines) is 1. The van der Waals surface area contributed by atoms with E-state index in [0.717, 1.165) is 56.5 Å². The molecule has 0 spiro atoms. The second kappa shape index (κ2) is 12.6. The molecule has 0 aliphatic carbocycles. The Morgan fingerprint density at radius 1 is 1.12 bits per heavy atom. The Hall–Kier alpha value is -3.22. The van der Waals surface area contributed by atoms with E-state index in [9.17, 15) is 4.79 Å². The highest BCUT2D eigenvalue weighted by Gasteiger charge is 2.29. The SMILES string of the molecule is CN=C(NCCCOc1cccc(OC)c1)NCC1CC(=O)N(CCc2ccccc2)C1. The first-order valence-corrected chi connectivity index (χ1v) is 11.2. The van der Waals surface area contributed by atoms with E-state index in [4.69, 9.17) is 9.47 Å². The smallest absolute Gasteiger partial charge is 0.223 e. The molecule has 2 N–H and O–H groups in total. The quantitative estimate of drug-likeness (QED) is 0.321. The molecule has 0 saturated carbocycles. The lowest BCUT2D eigenvalue weighted by molar-refractivity contribution is -0.127.